The van der Waals surface area contributed by atoms with Gasteiger partial charge in [0.25, 0.3) is 10.0 Å². The van der Waals surface area contributed by atoms with Gasteiger partial charge in [-0.15, -0.1) is 0 Å². The van der Waals surface area contributed by atoms with Crippen molar-refractivity contribution in [2.75, 3.05) is 4.72 Å². The standard InChI is InChI=1S/C22H26FN3O4S/c1-14(2)21-24-18-12-16(25-31(28,29)17-9-6-15(23)7-10-17)8-11-19(18)26(21)13-20(27)30-22(3,4)5/h6-12,14,25H,13H2,1-5H3. The van der Waals surface area contributed by atoms with Crippen LogP contribution in [0.1, 0.15) is 46.4 Å². The number of hydrogen-bond donors (Lipinski definition) is 1. The summed E-state index contributed by atoms with van der Waals surface area (Å²) in [5.74, 6) is -0.166. The molecule has 0 spiro atoms. The van der Waals surface area contributed by atoms with E-state index in [0.29, 0.717) is 22.5 Å². The number of esters is 1. The van der Waals surface area contributed by atoms with Crippen LogP contribution in [0.2, 0.25) is 0 Å². The number of carbonyl (C=O) groups excluding carboxylic acids is 1. The molecule has 0 saturated heterocycles. The zero-order valence-electron chi connectivity index (χ0n) is 18.1. The van der Waals surface area contributed by atoms with Gasteiger partial charge in [0.1, 0.15) is 23.8 Å². The fraction of sp³-hybridized carbons (Fsp3) is 0.364. The summed E-state index contributed by atoms with van der Waals surface area (Å²) in [4.78, 5) is 16.9. The van der Waals surface area contributed by atoms with Gasteiger partial charge >= 0.3 is 5.97 Å². The Kier molecular flexibility index (Phi) is 6.09. The van der Waals surface area contributed by atoms with E-state index in [1.807, 2.05) is 13.8 Å². The number of carbonyl (C=O) groups is 1. The van der Waals surface area contributed by atoms with E-state index in [0.717, 1.165) is 12.1 Å². The van der Waals surface area contributed by atoms with Gasteiger partial charge in [-0.1, -0.05) is 13.8 Å². The number of benzene rings is 2. The van der Waals surface area contributed by atoms with E-state index in [9.17, 15) is 17.6 Å². The van der Waals surface area contributed by atoms with E-state index < -0.39 is 21.4 Å². The second-order valence-corrected chi connectivity index (χ2v) is 10.2. The highest BCUT2D eigenvalue weighted by atomic mass is 32.2. The molecule has 1 heterocycles. The van der Waals surface area contributed by atoms with Crippen LogP contribution in [0.3, 0.4) is 0 Å². The number of nitrogens with one attached hydrogen (secondary N) is 1. The van der Waals surface area contributed by atoms with Crippen molar-refractivity contribution in [3.8, 4) is 0 Å². The highest BCUT2D eigenvalue weighted by Gasteiger charge is 2.21. The molecule has 0 aliphatic rings. The molecule has 3 rings (SSSR count). The van der Waals surface area contributed by atoms with Crippen LogP contribution in [0.4, 0.5) is 10.1 Å². The van der Waals surface area contributed by atoms with E-state index in [1.54, 1.807) is 43.5 Å². The lowest BCUT2D eigenvalue weighted by Gasteiger charge is -2.20. The molecule has 9 heteroatoms. The third kappa shape index (κ3) is 5.41. The third-order valence-electron chi connectivity index (χ3n) is 4.38. The molecule has 0 amide bonds. The highest BCUT2D eigenvalue weighted by Crippen LogP contribution is 2.26. The van der Waals surface area contributed by atoms with Crippen LogP contribution in [0.25, 0.3) is 11.0 Å². The molecular formula is C22H26FN3O4S. The molecule has 0 bridgehead atoms. The Morgan fingerprint density at radius 1 is 1.16 bits per heavy atom. The van der Waals surface area contributed by atoms with Gasteiger partial charge in [-0.25, -0.2) is 17.8 Å². The van der Waals surface area contributed by atoms with Gasteiger partial charge < -0.3 is 9.30 Å². The number of nitrogens with zero attached hydrogens (tertiary/aromatic N) is 2. The minimum Gasteiger partial charge on any atom is -0.459 e. The van der Waals surface area contributed by atoms with Gasteiger partial charge in [0.2, 0.25) is 0 Å². The number of fused-ring (bicyclic) bond motifs is 1. The van der Waals surface area contributed by atoms with Crippen molar-refractivity contribution in [1.82, 2.24) is 9.55 Å². The van der Waals surface area contributed by atoms with Crippen molar-refractivity contribution in [2.45, 2.75) is 57.6 Å². The minimum absolute atomic E-state index is 0.00192. The maximum absolute atomic E-state index is 13.1. The van der Waals surface area contributed by atoms with Crippen molar-refractivity contribution in [2.24, 2.45) is 0 Å². The maximum Gasteiger partial charge on any atom is 0.326 e. The first-order valence-electron chi connectivity index (χ1n) is 9.86. The van der Waals surface area contributed by atoms with Gasteiger partial charge in [0, 0.05) is 5.92 Å². The molecule has 166 valence electrons. The Bertz CT molecular complexity index is 1210. The van der Waals surface area contributed by atoms with E-state index in [4.69, 9.17) is 4.74 Å². The average Bonchev–Trinajstić information content (AvgIpc) is 2.98. The average molecular weight is 448 g/mol. The summed E-state index contributed by atoms with van der Waals surface area (Å²) in [7, 11) is -3.88. The molecule has 7 nitrogen and oxygen atoms in total. The number of anilines is 1. The lowest BCUT2D eigenvalue weighted by Crippen LogP contribution is -2.27. The van der Waals surface area contributed by atoms with Crippen molar-refractivity contribution in [1.29, 1.82) is 0 Å². The molecule has 0 unspecified atom stereocenters. The Labute approximate surface area is 181 Å². The molecule has 1 aromatic heterocycles. The Morgan fingerprint density at radius 2 is 1.81 bits per heavy atom. The summed E-state index contributed by atoms with van der Waals surface area (Å²) in [5, 5.41) is 0. The van der Waals surface area contributed by atoms with Crippen LogP contribution in [0.15, 0.2) is 47.4 Å². The topological polar surface area (TPSA) is 90.3 Å². The summed E-state index contributed by atoms with van der Waals surface area (Å²) in [6.45, 7) is 9.34. The van der Waals surface area contributed by atoms with Gasteiger partial charge in [0.15, 0.2) is 0 Å². The summed E-state index contributed by atoms with van der Waals surface area (Å²) in [6.07, 6.45) is 0. The molecule has 0 radical (unpaired) electrons. The zero-order chi connectivity index (χ0) is 23.0. The fourth-order valence-electron chi connectivity index (χ4n) is 3.15. The molecule has 0 aliphatic heterocycles. The Morgan fingerprint density at radius 3 is 2.39 bits per heavy atom. The van der Waals surface area contributed by atoms with Gasteiger partial charge in [-0.2, -0.15) is 0 Å². The number of aromatic nitrogens is 2. The molecule has 31 heavy (non-hydrogen) atoms. The number of ether oxygens (including phenoxy) is 1. The summed E-state index contributed by atoms with van der Waals surface area (Å²) in [5.41, 5.74) is 0.956. The third-order valence-corrected chi connectivity index (χ3v) is 5.77. The number of imidazole rings is 1. The highest BCUT2D eigenvalue weighted by molar-refractivity contribution is 7.92. The first-order chi connectivity index (χ1) is 14.4. The molecule has 0 saturated carbocycles. The number of hydrogen-bond acceptors (Lipinski definition) is 5. The predicted molar refractivity (Wildman–Crippen MR) is 117 cm³/mol. The predicted octanol–water partition coefficient (Wildman–Crippen LogP) is 4.44. The Balaban J connectivity index is 1.94. The van der Waals surface area contributed by atoms with Crippen LogP contribution in [0.5, 0.6) is 0 Å². The number of halogens is 1. The lowest BCUT2D eigenvalue weighted by molar-refractivity contribution is -0.155. The second-order valence-electron chi connectivity index (χ2n) is 8.56. The first-order valence-corrected chi connectivity index (χ1v) is 11.3. The molecular weight excluding hydrogens is 421 g/mol. The van der Waals surface area contributed by atoms with Crippen molar-refractivity contribution >= 4 is 32.7 Å². The summed E-state index contributed by atoms with van der Waals surface area (Å²) in [6, 6.07) is 9.48. The van der Waals surface area contributed by atoms with Gasteiger partial charge in [-0.05, 0) is 63.2 Å². The molecule has 3 aromatic rings. The largest absolute Gasteiger partial charge is 0.459 e. The minimum atomic E-state index is -3.88. The number of sulfonamides is 1. The maximum atomic E-state index is 13.1. The Hall–Kier alpha value is -2.94. The zero-order valence-corrected chi connectivity index (χ0v) is 19.0. The smallest absolute Gasteiger partial charge is 0.326 e. The SMILES string of the molecule is CC(C)c1nc2cc(NS(=O)(=O)c3ccc(F)cc3)ccc2n1CC(=O)OC(C)(C)C. The molecule has 1 N–H and O–H groups in total. The van der Waals surface area contributed by atoms with E-state index in [-0.39, 0.29) is 23.3 Å². The number of rotatable bonds is 6. The second kappa shape index (κ2) is 8.30. The van der Waals surface area contributed by atoms with Gasteiger partial charge in [-0.3, -0.25) is 9.52 Å². The van der Waals surface area contributed by atoms with Crippen molar-refractivity contribution in [3.63, 3.8) is 0 Å². The summed E-state index contributed by atoms with van der Waals surface area (Å²) >= 11 is 0. The van der Waals surface area contributed by atoms with Crippen LogP contribution < -0.4 is 4.72 Å². The molecule has 0 aliphatic carbocycles. The summed E-state index contributed by atoms with van der Waals surface area (Å²) < 4.78 is 48.0. The van der Waals surface area contributed by atoms with Crippen LogP contribution in [-0.4, -0.2) is 29.5 Å². The first kappa shape index (κ1) is 22.7. The van der Waals surface area contributed by atoms with Crippen molar-refractivity contribution in [3.05, 3.63) is 54.1 Å². The monoisotopic (exact) mass is 447 g/mol. The van der Waals surface area contributed by atoms with E-state index in [1.165, 1.54) is 12.1 Å². The van der Waals surface area contributed by atoms with Crippen molar-refractivity contribution < 1.29 is 22.3 Å². The van der Waals surface area contributed by atoms with Crippen LogP contribution >= 0.6 is 0 Å². The van der Waals surface area contributed by atoms with Gasteiger partial charge in [0.05, 0.1) is 21.6 Å². The lowest BCUT2D eigenvalue weighted by atomic mass is 10.2. The van der Waals surface area contributed by atoms with E-state index >= 15 is 0 Å². The fourth-order valence-corrected chi connectivity index (χ4v) is 4.20. The normalized spacial score (nSPS) is 12.4. The van der Waals surface area contributed by atoms with Crippen LogP contribution in [0, 0.1) is 5.82 Å². The van der Waals surface area contributed by atoms with E-state index in [2.05, 4.69) is 9.71 Å². The molecule has 0 atom stereocenters. The molecule has 0 fully saturated rings. The quantitative estimate of drug-likeness (QED) is 0.564. The molecule has 2 aromatic carbocycles. The van der Waals surface area contributed by atoms with Crippen LogP contribution in [-0.2, 0) is 26.1 Å².